The van der Waals surface area contributed by atoms with E-state index in [2.05, 4.69) is 20.6 Å². The third-order valence-corrected chi connectivity index (χ3v) is 3.92. The molecule has 3 aromatic rings. The van der Waals surface area contributed by atoms with E-state index in [1.54, 1.807) is 24.3 Å². The zero-order valence-electron chi connectivity index (χ0n) is 14.4. The number of nitrogens with zero attached hydrogens (tertiary/aromatic N) is 4. The molecule has 0 saturated carbocycles. The Kier molecular flexibility index (Phi) is 5.55. The Bertz CT molecular complexity index is 1030. The van der Waals surface area contributed by atoms with Crippen LogP contribution in [0.3, 0.4) is 0 Å². The summed E-state index contributed by atoms with van der Waals surface area (Å²) in [5.74, 6) is -1.16. The summed E-state index contributed by atoms with van der Waals surface area (Å²) in [7, 11) is 0. The lowest BCUT2D eigenvalue weighted by Crippen LogP contribution is -2.29. The highest BCUT2D eigenvalue weighted by molar-refractivity contribution is 6.30. The standard InChI is InChI=1S/C16H11ClF5N5O2/c1-7(14-24-12(26-29-14)8-3-2-4-9(17)5-8)23-13(28)10-6-11(16(20,21)22)25-27(10)15(18)19/h2-7,15H,1H3,(H,23,28)/t7-/m1/s1. The highest BCUT2D eigenvalue weighted by Gasteiger charge is 2.37. The van der Waals surface area contributed by atoms with E-state index in [4.69, 9.17) is 16.1 Å². The lowest BCUT2D eigenvalue weighted by molar-refractivity contribution is -0.142. The van der Waals surface area contributed by atoms with Gasteiger partial charge in [-0.05, 0) is 19.1 Å². The third kappa shape index (κ3) is 4.53. The molecular weight excluding hydrogens is 425 g/mol. The first-order valence-corrected chi connectivity index (χ1v) is 8.29. The Labute approximate surface area is 164 Å². The van der Waals surface area contributed by atoms with Crippen LogP contribution < -0.4 is 5.32 Å². The Morgan fingerprint density at radius 1 is 1.28 bits per heavy atom. The van der Waals surface area contributed by atoms with E-state index >= 15 is 0 Å². The maximum Gasteiger partial charge on any atom is 0.435 e. The molecule has 0 spiro atoms. The highest BCUT2D eigenvalue weighted by Crippen LogP contribution is 2.30. The minimum absolute atomic E-state index is 0.0903. The maximum absolute atomic E-state index is 13.0. The average Bonchev–Trinajstić information content (AvgIpc) is 3.29. The zero-order chi connectivity index (χ0) is 21.3. The fourth-order valence-corrected chi connectivity index (χ4v) is 2.53. The molecule has 1 N–H and O–H groups in total. The molecule has 154 valence electrons. The van der Waals surface area contributed by atoms with Crippen LogP contribution in [0.2, 0.25) is 5.02 Å². The first-order valence-electron chi connectivity index (χ1n) is 7.91. The van der Waals surface area contributed by atoms with Crippen molar-refractivity contribution in [2.75, 3.05) is 0 Å². The van der Waals surface area contributed by atoms with Crippen molar-refractivity contribution in [3.05, 3.63) is 52.6 Å². The van der Waals surface area contributed by atoms with E-state index in [0.29, 0.717) is 10.6 Å². The zero-order valence-corrected chi connectivity index (χ0v) is 15.2. The monoisotopic (exact) mass is 435 g/mol. The van der Waals surface area contributed by atoms with Crippen molar-refractivity contribution in [3.63, 3.8) is 0 Å². The predicted molar refractivity (Wildman–Crippen MR) is 89.1 cm³/mol. The van der Waals surface area contributed by atoms with E-state index in [0.717, 1.165) is 0 Å². The van der Waals surface area contributed by atoms with Crippen LogP contribution in [-0.4, -0.2) is 25.8 Å². The van der Waals surface area contributed by atoms with Crippen molar-refractivity contribution >= 4 is 17.5 Å². The van der Waals surface area contributed by atoms with Gasteiger partial charge in [0.2, 0.25) is 11.7 Å². The molecule has 13 heteroatoms. The topological polar surface area (TPSA) is 85.8 Å². The van der Waals surface area contributed by atoms with Crippen molar-refractivity contribution in [1.29, 1.82) is 0 Å². The summed E-state index contributed by atoms with van der Waals surface area (Å²) in [5.41, 5.74) is -2.05. The van der Waals surface area contributed by atoms with Crippen LogP contribution in [-0.2, 0) is 6.18 Å². The summed E-state index contributed by atoms with van der Waals surface area (Å²) in [6, 6.07) is 5.76. The van der Waals surface area contributed by atoms with E-state index in [9.17, 15) is 26.7 Å². The van der Waals surface area contributed by atoms with Gasteiger partial charge in [0.05, 0.1) is 0 Å². The Hall–Kier alpha value is -3.02. The lowest BCUT2D eigenvalue weighted by Gasteiger charge is -2.10. The molecule has 0 aliphatic rings. The lowest BCUT2D eigenvalue weighted by atomic mass is 10.2. The first kappa shape index (κ1) is 20.7. The molecule has 2 heterocycles. The highest BCUT2D eigenvalue weighted by atomic mass is 35.5. The Balaban J connectivity index is 1.80. The number of hydrogen-bond acceptors (Lipinski definition) is 5. The number of halogens is 6. The number of carbonyl (C=O) groups is 1. The number of rotatable bonds is 5. The van der Waals surface area contributed by atoms with Gasteiger partial charge in [0.1, 0.15) is 11.7 Å². The van der Waals surface area contributed by atoms with Gasteiger partial charge in [-0.3, -0.25) is 4.79 Å². The molecule has 0 saturated heterocycles. The number of amides is 1. The van der Waals surface area contributed by atoms with E-state index in [1.807, 2.05) is 0 Å². The van der Waals surface area contributed by atoms with Gasteiger partial charge in [-0.1, -0.05) is 28.9 Å². The van der Waals surface area contributed by atoms with Gasteiger partial charge in [-0.25, -0.2) is 0 Å². The normalized spacial score (nSPS) is 13.0. The molecule has 1 aromatic carbocycles. The number of alkyl halides is 5. The summed E-state index contributed by atoms with van der Waals surface area (Å²) in [5, 5.41) is 9.13. The molecule has 1 amide bonds. The van der Waals surface area contributed by atoms with Crippen molar-refractivity contribution in [2.24, 2.45) is 0 Å². The van der Waals surface area contributed by atoms with Gasteiger partial charge in [0.15, 0.2) is 5.69 Å². The summed E-state index contributed by atoms with van der Waals surface area (Å²) in [6.07, 6.45) is -4.99. The average molecular weight is 436 g/mol. The van der Waals surface area contributed by atoms with Gasteiger partial charge in [-0.2, -0.15) is 36.7 Å². The second-order valence-corrected chi connectivity index (χ2v) is 6.23. The van der Waals surface area contributed by atoms with Gasteiger partial charge >= 0.3 is 12.7 Å². The largest absolute Gasteiger partial charge is 0.435 e. The Morgan fingerprint density at radius 3 is 2.62 bits per heavy atom. The van der Waals surface area contributed by atoms with Crippen LogP contribution in [0.5, 0.6) is 0 Å². The molecule has 3 rings (SSSR count). The minimum Gasteiger partial charge on any atom is -0.339 e. The number of hydrogen-bond donors (Lipinski definition) is 1. The van der Waals surface area contributed by atoms with E-state index in [-0.39, 0.29) is 22.5 Å². The smallest absolute Gasteiger partial charge is 0.339 e. The molecule has 0 bridgehead atoms. The SMILES string of the molecule is C[C@@H](NC(=O)c1cc(C(F)(F)F)nn1C(F)F)c1nc(-c2cccc(Cl)c2)no1. The Morgan fingerprint density at radius 2 is 2.00 bits per heavy atom. The quantitative estimate of drug-likeness (QED) is 0.597. The minimum atomic E-state index is -4.99. The second kappa shape index (κ2) is 7.78. The van der Waals surface area contributed by atoms with Crippen LogP contribution in [0.1, 0.15) is 41.6 Å². The fraction of sp³-hybridized carbons (Fsp3) is 0.250. The molecule has 2 aromatic heterocycles. The van der Waals surface area contributed by atoms with Crippen LogP contribution in [0, 0.1) is 0 Å². The van der Waals surface area contributed by atoms with Crippen molar-refractivity contribution in [1.82, 2.24) is 25.2 Å². The van der Waals surface area contributed by atoms with E-state index < -0.39 is 36.1 Å². The molecule has 0 radical (unpaired) electrons. The summed E-state index contributed by atoms with van der Waals surface area (Å²) < 4.78 is 68.9. The van der Waals surface area contributed by atoms with Crippen molar-refractivity contribution in [3.8, 4) is 11.4 Å². The molecular formula is C16H11ClF5N5O2. The van der Waals surface area contributed by atoms with Gasteiger partial charge in [-0.15, -0.1) is 0 Å². The van der Waals surface area contributed by atoms with Crippen LogP contribution >= 0.6 is 11.6 Å². The number of nitrogens with one attached hydrogen (secondary N) is 1. The molecule has 0 aliphatic heterocycles. The molecule has 29 heavy (non-hydrogen) atoms. The predicted octanol–water partition coefficient (Wildman–Crippen LogP) is 4.49. The van der Waals surface area contributed by atoms with Crippen molar-refractivity contribution in [2.45, 2.75) is 25.7 Å². The summed E-state index contributed by atoms with van der Waals surface area (Å²) in [4.78, 5) is 16.3. The molecule has 7 nitrogen and oxygen atoms in total. The first-order chi connectivity index (χ1) is 13.6. The molecule has 0 unspecified atom stereocenters. The molecule has 1 atom stereocenters. The number of benzene rings is 1. The van der Waals surface area contributed by atoms with Gasteiger partial charge < -0.3 is 9.84 Å². The number of carbonyl (C=O) groups excluding carboxylic acids is 1. The molecule has 0 fully saturated rings. The second-order valence-electron chi connectivity index (χ2n) is 5.80. The van der Waals surface area contributed by atoms with Gasteiger partial charge in [0, 0.05) is 16.7 Å². The van der Waals surface area contributed by atoms with Gasteiger partial charge in [0.25, 0.3) is 5.91 Å². The fourth-order valence-electron chi connectivity index (χ4n) is 2.34. The van der Waals surface area contributed by atoms with Crippen LogP contribution in [0.15, 0.2) is 34.9 Å². The van der Waals surface area contributed by atoms with Crippen molar-refractivity contribution < 1.29 is 31.3 Å². The van der Waals surface area contributed by atoms with Crippen LogP contribution in [0.25, 0.3) is 11.4 Å². The number of aromatic nitrogens is 4. The summed E-state index contributed by atoms with van der Waals surface area (Å²) >= 11 is 5.88. The third-order valence-electron chi connectivity index (χ3n) is 3.69. The maximum atomic E-state index is 13.0. The summed E-state index contributed by atoms with van der Waals surface area (Å²) in [6.45, 7) is -2.05. The van der Waals surface area contributed by atoms with Crippen LogP contribution in [0.4, 0.5) is 22.0 Å². The molecule has 0 aliphatic carbocycles. The van der Waals surface area contributed by atoms with E-state index in [1.165, 1.54) is 6.92 Å².